The van der Waals surface area contributed by atoms with Gasteiger partial charge in [0.05, 0.1) is 34.0 Å². The number of aromatic hydroxyl groups is 1. The third-order valence-corrected chi connectivity index (χ3v) is 6.50. The second-order valence-corrected chi connectivity index (χ2v) is 8.87. The smallest absolute Gasteiger partial charge is 0.204 e. The van der Waals surface area contributed by atoms with Crippen molar-refractivity contribution in [3.63, 3.8) is 0 Å². The van der Waals surface area contributed by atoms with Crippen LogP contribution in [0.2, 0.25) is 0 Å². The van der Waals surface area contributed by atoms with Gasteiger partial charge in [-0.05, 0) is 47.5 Å². The topological polar surface area (TPSA) is 96.6 Å². The highest BCUT2D eigenvalue weighted by molar-refractivity contribution is 5.93. The van der Waals surface area contributed by atoms with Gasteiger partial charge in [0.2, 0.25) is 11.2 Å². The molecule has 1 heterocycles. The van der Waals surface area contributed by atoms with Crippen molar-refractivity contribution in [2.24, 2.45) is 0 Å². The van der Waals surface area contributed by atoms with E-state index in [0.29, 0.717) is 39.9 Å². The summed E-state index contributed by atoms with van der Waals surface area (Å²) in [5, 5.41) is 11.0. The van der Waals surface area contributed by atoms with Crippen LogP contribution in [-0.2, 0) is 6.61 Å². The molecule has 0 aliphatic heterocycles. The molecule has 0 saturated heterocycles. The molecule has 0 unspecified atom stereocenters. The van der Waals surface area contributed by atoms with E-state index in [9.17, 15) is 9.90 Å². The first-order chi connectivity index (χ1) is 19.5. The fraction of sp³-hybridized carbons (Fsp3) is 0.156. The third-order valence-electron chi connectivity index (χ3n) is 6.50. The Morgan fingerprint density at radius 1 is 0.725 bits per heavy atom. The molecule has 0 bridgehead atoms. The Labute approximate surface area is 230 Å². The maximum absolute atomic E-state index is 14.1. The molecule has 8 heteroatoms. The van der Waals surface area contributed by atoms with Crippen molar-refractivity contribution in [3.05, 3.63) is 94.6 Å². The van der Waals surface area contributed by atoms with Gasteiger partial charge < -0.3 is 33.2 Å². The van der Waals surface area contributed by atoms with Crippen LogP contribution in [0.15, 0.2) is 88.1 Å². The Hall–Kier alpha value is -5.11. The molecule has 0 atom stereocenters. The lowest BCUT2D eigenvalue weighted by Crippen LogP contribution is -2.09. The van der Waals surface area contributed by atoms with Gasteiger partial charge in [0.15, 0.2) is 11.5 Å². The minimum atomic E-state index is -0.437. The van der Waals surface area contributed by atoms with E-state index >= 15 is 0 Å². The fourth-order valence-corrected chi connectivity index (χ4v) is 4.53. The number of rotatable bonds is 9. The van der Waals surface area contributed by atoms with E-state index in [-0.39, 0.29) is 34.6 Å². The second kappa shape index (κ2) is 11.3. The Balaban J connectivity index is 1.74. The Morgan fingerprint density at radius 2 is 1.40 bits per heavy atom. The summed E-state index contributed by atoms with van der Waals surface area (Å²) < 4.78 is 34.1. The first-order valence-electron chi connectivity index (χ1n) is 12.4. The predicted octanol–water partition coefficient (Wildman–Crippen LogP) is 6.45. The zero-order valence-corrected chi connectivity index (χ0v) is 22.5. The molecule has 0 fully saturated rings. The number of phenols is 1. The molecule has 0 amide bonds. The molecule has 8 nitrogen and oxygen atoms in total. The number of hydrogen-bond acceptors (Lipinski definition) is 8. The van der Waals surface area contributed by atoms with Crippen molar-refractivity contribution in [2.45, 2.75) is 6.61 Å². The van der Waals surface area contributed by atoms with Gasteiger partial charge in [-0.3, -0.25) is 4.79 Å². The number of fused-ring (bicyclic) bond motifs is 1. The molecule has 0 aliphatic carbocycles. The number of hydrogen-bond donors (Lipinski definition) is 1. The van der Waals surface area contributed by atoms with Crippen LogP contribution in [0, 0.1) is 0 Å². The maximum Gasteiger partial charge on any atom is 0.204 e. The van der Waals surface area contributed by atoms with Crippen molar-refractivity contribution < 1.29 is 33.2 Å². The number of methoxy groups -OCH3 is 4. The number of ether oxygens (including phenoxy) is 5. The second-order valence-electron chi connectivity index (χ2n) is 8.87. The molecular formula is C32H28O8. The van der Waals surface area contributed by atoms with E-state index < -0.39 is 5.43 Å². The van der Waals surface area contributed by atoms with Crippen LogP contribution < -0.4 is 29.1 Å². The summed E-state index contributed by atoms with van der Waals surface area (Å²) in [6.07, 6.45) is 0. The van der Waals surface area contributed by atoms with Gasteiger partial charge in [-0.2, -0.15) is 0 Å². The Bertz CT molecular complexity index is 1680. The number of phenolic OH excluding ortho intramolecular Hbond substituents is 1. The monoisotopic (exact) mass is 540 g/mol. The molecule has 0 aliphatic rings. The molecule has 0 saturated carbocycles. The average Bonchev–Trinajstić information content (AvgIpc) is 2.99. The van der Waals surface area contributed by atoms with Crippen LogP contribution in [0.3, 0.4) is 0 Å². The van der Waals surface area contributed by atoms with Gasteiger partial charge in [-0.1, -0.05) is 30.3 Å². The predicted molar refractivity (Wildman–Crippen MR) is 152 cm³/mol. The van der Waals surface area contributed by atoms with Crippen molar-refractivity contribution in [3.8, 4) is 56.9 Å². The highest BCUT2D eigenvalue weighted by Gasteiger charge is 2.24. The summed E-state index contributed by atoms with van der Waals surface area (Å²) in [5.74, 6) is 2.15. The lowest BCUT2D eigenvalue weighted by molar-refractivity contribution is 0.304. The van der Waals surface area contributed by atoms with Gasteiger partial charge in [-0.15, -0.1) is 0 Å². The third kappa shape index (κ3) is 4.99. The van der Waals surface area contributed by atoms with Crippen LogP contribution in [0.5, 0.6) is 34.5 Å². The molecule has 4 aromatic carbocycles. The van der Waals surface area contributed by atoms with Crippen LogP contribution in [0.1, 0.15) is 5.56 Å². The summed E-state index contributed by atoms with van der Waals surface area (Å²) in [5.41, 5.74) is 1.99. The summed E-state index contributed by atoms with van der Waals surface area (Å²) in [7, 11) is 6.07. The maximum atomic E-state index is 14.1. The Morgan fingerprint density at radius 3 is 2.00 bits per heavy atom. The molecule has 1 aromatic heterocycles. The van der Waals surface area contributed by atoms with Gasteiger partial charge in [-0.25, -0.2) is 0 Å². The molecular weight excluding hydrogens is 512 g/mol. The van der Waals surface area contributed by atoms with Crippen LogP contribution in [0.25, 0.3) is 33.4 Å². The minimum absolute atomic E-state index is 0.0214. The van der Waals surface area contributed by atoms with E-state index in [1.54, 1.807) is 49.6 Å². The van der Waals surface area contributed by atoms with Crippen LogP contribution >= 0.6 is 0 Å². The van der Waals surface area contributed by atoms with Gasteiger partial charge >= 0.3 is 0 Å². The zero-order valence-electron chi connectivity index (χ0n) is 22.5. The molecule has 1 N–H and O–H groups in total. The van der Waals surface area contributed by atoms with E-state index in [0.717, 1.165) is 5.56 Å². The molecule has 0 spiro atoms. The minimum Gasteiger partial charge on any atom is -0.507 e. The standard InChI is InChI=1S/C32H28O8/c1-35-22-12-10-20(11-13-22)31-28(21-14-26(36-2)32(38-4)27(15-21)37-3)30(34)29-24(33)16-23(17-25(29)40-31)39-18-19-8-6-5-7-9-19/h5-17,33H,18H2,1-4H3. The lowest BCUT2D eigenvalue weighted by Gasteiger charge is -2.16. The quantitative estimate of drug-likeness (QED) is 0.228. The summed E-state index contributed by atoms with van der Waals surface area (Å²) in [6, 6.07) is 23.1. The average molecular weight is 541 g/mol. The van der Waals surface area contributed by atoms with Gasteiger partial charge in [0, 0.05) is 17.7 Å². The highest BCUT2D eigenvalue weighted by atomic mass is 16.5. The molecule has 5 rings (SSSR count). The van der Waals surface area contributed by atoms with Gasteiger partial charge in [0.25, 0.3) is 0 Å². The molecule has 0 radical (unpaired) electrons. The largest absolute Gasteiger partial charge is 0.507 e. The zero-order chi connectivity index (χ0) is 28.2. The van der Waals surface area contributed by atoms with E-state index in [4.69, 9.17) is 28.1 Å². The van der Waals surface area contributed by atoms with Crippen LogP contribution in [0.4, 0.5) is 0 Å². The summed E-state index contributed by atoms with van der Waals surface area (Å²) in [6.45, 7) is 0.283. The van der Waals surface area contributed by atoms with E-state index in [1.807, 2.05) is 30.3 Å². The van der Waals surface area contributed by atoms with E-state index in [1.165, 1.54) is 27.4 Å². The number of benzene rings is 4. The Kier molecular flexibility index (Phi) is 7.50. The van der Waals surface area contributed by atoms with E-state index in [2.05, 4.69) is 0 Å². The molecule has 40 heavy (non-hydrogen) atoms. The van der Waals surface area contributed by atoms with Crippen molar-refractivity contribution in [1.82, 2.24) is 0 Å². The van der Waals surface area contributed by atoms with Gasteiger partial charge in [0.1, 0.15) is 40.6 Å². The summed E-state index contributed by atoms with van der Waals surface area (Å²) >= 11 is 0. The molecule has 204 valence electrons. The summed E-state index contributed by atoms with van der Waals surface area (Å²) in [4.78, 5) is 14.1. The van der Waals surface area contributed by atoms with Crippen molar-refractivity contribution in [2.75, 3.05) is 28.4 Å². The van der Waals surface area contributed by atoms with Crippen LogP contribution in [-0.4, -0.2) is 33.5 Å². The van der Waals surface area contributed by atoms with Crippen molar-refractivity contribution >= 4 is 11.0 Å². The highest BCUT2D eigenvalue weighted by Crippen LogP contribution is 2.44. The normalized spacial score (nSPS) is 10.8. The first-order valence-corrected chi connectivity index (χ1v) is 12.4. The fourth-order valence-electron chi connectivity index (χ4n) is 4.53. The first kappa shape index (κ1) is 26.5. The van der Waals surface area contributed by atoms with Crippen molar-refractivity contribution in [1.29, 1.82) is 0 Å². The SMILES string of the molecule is COc1ccc(-c2oc3cc(OCc4ccccc4)cc(O)c3c(=O)c2-c2cc(OC)c(OC)c(OC)c2)cc1. The lowest BCUT2D eigenvalue weighted by atomic mass is 9.97. The molecule has 5 aromatic rings.